The fourth-order valence-electron chi connectivity index (χ4n) is 3.54. The van der Waals surface area contributed by atoms with Crippen LogP contribution in [0.5, 0.6) is 0 Å². The van der Waals surface area contributed by atoms with E-state index in [0.29, 0.717) is 10.5 Å². The van der Waals surface area contributed by atoms with Crippen LogP contribution in [-0.2, 0) is 10.0 Å². The molecular formula is C22H24OSi. The van der Waals surface area contributed by atoms with Crippen LogP contribution in [0, 0.1) is 6.92 Å². The Morgan fingerprint density at radius 3 is 1.62 bits per heavy atom. The first-order chi connectivity index (χ1) is 11.7. The van der Waals surface area contributed by atoms with E-state index in [1.54, 1.807) is 0 Å². The third-order valence-corrected chi connectivity index (χ3v) is 5.56. The summed E-state index contributed by atoms with van der Waals surface area (Å²) in [4.78, 5) is 0. The van der Waals surface area contributed by atoms with Crippen molar-refractivity contribution >= 4 is 10.5 Å². The Morgan fingerprint density at radius 2 is 1.21 bits per heavy atom. The maximum Gasteiger partial charge on any atom is 0.147 e. The van der Waals surface area contributed by atoms with Crippen molar-refractivity contribution in [2.45, 2.75) is 25.4 Å². The lowest BCUT2D eigenvalue weighted by molar-refractivity contribution is 0.0968. The van der Waals surface area contributed by atoms with Crippen LogP contribution in [0.4, 0.5) is 0 Å². The summed E-state index contributed by atoms with van der Waals surface area (Å²) in [6.07, 6.45) is 0. The molecule has 24 heavy (non-hydrogen) atoms. The standard InChI is InChI=1S/C22H24OSi/c1-17-13-15-19(16-14-17)18(2)22(23-24,20-9-5-3-6-10-20)21-11-7-4-8-12-21/h3-16,18H,1-2,24H3. The zero-order valence-corrected chi connectivity index (χ0v) is 16.6. The number of rotatable bonds is 5. The first-order valence-corrected chi connectivity index (χ1v) is 9.23. The summed E-state index contributed by atoms with van der Waals surface area (Å²) in [6, 6.07) is 30.0. The van der Waals surface area contributed by atoms with E-state index in [2.05, 4.69) is 98.8 Å². The second kappa shape index (κ2) is 7.16. The van der Waals surface area contributed by atoms with Gasteiger partial charge in [0.1, 0.15) is 16.1 Å². The first kappa shape index (κ1) is 16.7. The predicted octanol–water partition coefficient (Wildman–Crippen LogP) is 4.34. The molecule has 0 saturated carbocycles. The lowest BCUT2D eigenvalue weighted by Gasteiger charge is -2.40. The maximum atomic E-state index is 6.40. The first-order valence-electron chi connectivity index (χ1n) is 8.41. The normalized spacial score (nSPS) is 12.9. The summed E-state index contributed by atoms with van der Waals surface area (Å²) >= 11 is 0. The molecule has 0 aliphatic rings. The molecule has 3 rings (SSSR count). The van der Waals surface area contributed by atoms with Gasteiger partial charge in [0.25, 0.3) is 0 Å². The second-order valence-electron chi connectivity index (χ2n) is 6.30. The molecule has 0 fully saturated rings. The van der Waals surface area contributed by atoms with Crippen LogP contribution < -0.4 is 0 Å². The molecule has 1 unspecified atom stereocenters. The zero-order chi connectivity index (χ0) is 17.0. The molecule has 0 spiro atoms. The van der Waals surface area contributed by atoms with E-state index in [9.17, 15) is 0 Å². The van der Waals surface area contributed by atoms with E-state index in [-0.39, 0.29) is 5.92 Å². The van der Waals surface area contributed by atoms with Gasteiger partial charge in [-0.05, 0) is 23.6 Å². The Morgan fingerprint density at radius 1 is 0.750 bits per heavy atom. The molecule has 1 nitrogen and oxygen atoms in total. The Hall–Kier alpha value is -2.16. The maximum absolute atomic E-state index is 6.40. The fourth-order valence-corrected chi connectivity index (χ4v) is 4.37. The minimum Gasteiger partial charge on any atom is -0.414 e. The molecule has 3 aromatic carbocycles. The highest BCUT2D eigenvalue weighted by molar-refractivity contribution is 5.98. The number of hydrogen-bond acceptors (Lipinski definition) is 1. The molecule has 0 heterocycles. The van der Waals surface area contributed by atoms with Crippen LogP contribution in [0.2, 0.25) is 0 Å². The molecule has 0 bridgehead atoms. The number of benzene rings is 3. The SMILES string of the molecule is Cc1ccc(C(C)C(O[SiH3])(c2ccccc2)c2ccccc2)cc1. The molecule has 0 aliphatic heterocycles. The van der Waals surface area contributed by atoms with E-state index in [4.69, 9.17) is 4.43 Å². The average Bonchev–Trinajstić information content (AvgIpc) is 2.65. The molecule has 0 aliphatic carbocycles. The number of aryl methyl sites for hydroxylation is 1. The van der Waals surface area contributed by atoms with E-state index >= 15 is 0 Å². The van der Waals surface area contributed by atoms with Crippen LogP contribution in [0.3, 0.4) is 0 Å². The van der Waals surface area contributed by atoms with Crippen molar-refractivity contribution in [3.63, 3.8) is 0 Å². The van der Waals surface area contributed by atoms with E-state index < -0.39 is 5.60 Å². The van der Waals surface area contributed by atoms with Crippen molar-refractivity contribution in [2.75, 3.05) is 0 Å². The Bertz CT molecular complexity index is 727. The molecule has 0 aromatic heterocycles. The van der Waals surface area contributed by atoms with Crippen LogP contribution in [0.15, 0.2) is 84.9 Å². The van der Waals surface area contributed by atoms with Gasteiger partial charge in [0.2, 0.25) is 0 Å². The molecule has 2 heteroatoms. The lowest BCUT2D eigenvalue weighted by atomic mass is 9.74. The molecule has 3 aromatic rings. The van der Waals surface area contributed by atoms with Crippen molar-refractivity contribution in [3.8, 4) is 0 Å². The Kier molecular flexibility index (Phi) is 4.98. The fraction of sp³-hybridized carbons (Fsp3) is 0.182. The molecule has 0 N–H and O–H groups in total. The minimum absolute atomic E-state index is 0.209. The third kappa shape index (κ3) is 2.95. The van der Waals surface area contributed by atoms with Gasteiger partial charge in [-0.2, -0.15) is 0 Å². The van der Waals surface area contributed by atoms with E-state index in [1.165, 1.54) is 22.3 Å². The number of hydrogen-bond donors (Lipinski definition) is 0. The summed E-state index contributed by atoms with van der Waals surface area (Å²) < 4.78 is 6.40. The van der Waals surface area contributed by atoms with Crippen molar-refractivity contribution in [2.24, 2.45) is 0 Å². The van der Waals surface area contributed by atoms with Crippen molar-refractivity contribution in [1.82, 2.24) is 0 Å². The topological polar surface area (TPSA) is 9.23 Å². The minimum atomic E-state index is -0.454. The summed E-state index contributed by atoms with van der Waals surface area (Å²) in [5, 5.41) is 0. The van der Waals surface area contributed by atoms with Gasteiger partial charge in [0.05, 0.1) is 0 Å². The van der Waals surface area contributed by atoms with Gasteiger partial charge in [-0.15, -0.1) is 0 Å². The second-order valence-corrected chi connectivity index (χ2v) is 6.71. The van der Waals surface area contributed by atoms with Crippen LogP contribution in [0.1, 0.15) is 35.1 Å². The molecule has 0 radical (unpaired) electrons. The van der Waals surface area contributed by atoms with Gasteiger partial charge >= 0.3 is 0 Å². The summed E-state index contributed by atoms with van der Waals surface area (Å²) in [5.74, 6) is 0.209. The van der Waals surface area contributed by atoms with Gasteiger partial charge in [-0.3, -0.25) is 0 Å². The van der Waals surface area contributed by atoms with E-state index in [0.717, 1.165) is 0 Å². The van der Waals surface area contributed by atoms with Gasteiger partial charge < -0.3 is 4.43 Å². The van der Waals surface area contributed by atoms with Crippen LogP contribution >= 0.6 is 0 Å². The third-order valence-electron chi connectivity index (χ3n) is 4.91. The summed E-state index contributed by atoms with van der Waals surface area (Å²) in [6.45, 7) is 4.39. The molecule has 122 valence electrons. The Balaban J connectivity index is 2.19. The molecule has 0 amide bonds. The quantitative estimate of drug-likeness (QED) is 0.632. The highest BCUT2D eigenvalue weighted by Crippen LogP contribution is 2.44. The molecular weight excluding hydrogens is 308 g/mol. The Labute approximate surface area is 147 Å². The van der Waals surface area contributed by atoms with Gasteiger partial charge in [0, 0.05) is 5.92 Å². The lowest BCUT2D eigenvalue weighted by Crippen LogP contribution is -2.36. The van der Waals surface area contributed by atoms with Crippen LogP contribution in [0.25, 0.3) is 0 Å². The van der Waals surface area contributed by atoms with Crippen molar-refractivity contribution < 1.29 is 4.43 Å². The predicted molar refractivity (Wildman–Crippen MR) is 104 cm³/mol. The summed E-state index contributed by atoms with van der Waals surface area (Å²) in [7, 11) is 0.663. The van der Waals surface area contributed by atoms with E-state index in [1.807, 2.05) is 0 Å². The summed E-state index contributed by atoms with van der Waals surface area (Å²) in [5.41, 5.74) is 4.54. The highest BCUT2D eigenvalue weighted by Gasteiger charge is 2.40. The van der Waals surface area contributed by atoms with Gasteiger partial charge in [0.15, 0.2) is 0 Å². The molecule has 0 saturated heterocycles. The van der Waals surface area contributed by atoms with Gasteiger partial charge in [-0.1, -0.05) is 97.4 Å². The largest absolute Gasteiger partial charge is 0.414 e. The smallest absolute Gasteiger partial charge is 0.147 e. The highest BCUT2D eigenvalue weighted by atomic mass is 28.2. The van der Waals surface area contributed by atoms with Crippen molar-refractivity contribution in [3.05, 3.63) is 107 Å². The average molecular weight is 333 g/mol. The molecule has 1 atom stereocenters. The van der Waals surface area contributed by atoms with Gasteiger partial charge in [-0.25, -0.2) is 0 Å². The van der Waals surface area contributed by atoms with Crippen LogP contribution in [-0.4, -0.2) is 10.5 Å². The van der Waals surface area contributed by atoms with Crippen molar-refractivity contribution in [1.29, 1.82) is 0 Å². The monoisotopic (exact) mass is 332 g/mol. The zero-order valence-electron chi connectivity index (χ0n) is 14.6.